The Morgan fingerprint density at radius 2 is 1.59 bits per heavy atom. The molecule has 182 valence electrons. The highest BCUT2D eigenvalue weighted by molar-refractivity contribution is 9.08. The lowest BCUT2D eigenvalue weighted by atomic mass is 10.1. The van der Waals surface area contributed by atoms with Gasteiger partial charge in [0, 0.05) is 42.5 Å². The first-order valence-corrected chi connectivity index (χ1v) is 14.0. The molecule has 0 bridgehead atoms. The third kappa shape index (κ3) is 4.88. The maximum Gasteiger partial charge on any atom is 0.243 e. The topological polar surface area (TPSA) is 81.2 Å². The van der Waals surface area contributed by atoms with Gasteiger partial charge in [0.15, 0.2) is 16.6 Å². The Morgan fingerprint density at radius 1 is 0.971 bits per heavy atom. The summed E-state index contributed by atoms with van der Waals surface area (Å²) >= 11 is 4.91. The predicted octanol–water partition coefficient (Wildman–Crippen LogP) is 4.24. The zero-order valence-electron chi connectivity index (χ0n) is 19.2. The van der Waals surface area contributed by atoms with Crippen LogP contribution in [0.5, 0.6) is 17.2 Å². The van der Waals surface area contributed by atoms with Crippen molar-refractivity contribution in [2.75, 3.05) is 52.4 Å². The highest BCUT2D eigenvalue weighted by Gasteiger charge is 2.29. The van der Waals surface area contributed by atoms with Crippen molar-refractivity contribution in [3.8, 4) is 28.5 Å². The summed E-state index contributed by atoms with van der Waals surface area (Å²) in [5.74, 6) is 1.66. The number of thiazole rings is 1. The molecule has 0 N–H and O–H groups in total. The van der Waals surface area contributed by atoms with E-state index in [4.69, 9.17) is 19.2 Å². The predicted molar refractivity (Wildman–Crippen MR) is 137 cm³/mol. The average Bonchev–Trinajstić information content (AvgIpc) is 3.38. The number of halogens is 1. The molecule has 0 atom stereocenters. The summed E-state index contributed by atoms with van der Waals surface area (Å²) in [6, 6.07) is 10.7. The molecule has 34 heavy (non-hydrogen) atoms. The van der Waals surface area contributed by atoms with Crippen LogP contribution < -0.4 is 19.1 Å². The van der Waals surface area contributed by atoms with E-state index in [9.17, 15) is 8.42 Å². The molecule has 1 aliphatic rings. The Balaban J connectivity index is 1.48. The number of aromatic nitrogens is 1. The second kappa shape index (κ2) is 10.5. The zero-order chi connectivity index (χ0) is 24.3. The number of piperazine rings is 1. The van der Waals surface area contributed by atoms with E-state index in [1.807, 2.05) is 29.6 Å². The van der Waals surface area contributed by atoms with Crippen LogP contribution >= 0.6 is 27.3 Å². The molecule has 2 aromatic carbocycles. The van der Waals surface area contributed by atoms with Crippen LogP contribution in [-0.4, -0.2) is 65.2 Å². The fourth-order valence-electron chi connectivity index (χ4n) is 3.79. The number of anilines is 1. The first-order chi connectivity index (χ1) is 16.4. The van der Waals surface area contributed by atoms with Crippen molar-refractivity contribution in [3.05, 3.63) is 47.3 Å². The van der Waals surface area contributed by atoms with E-state index in [1.54, 1.807) is 37.8 Å². The van der Waals surface area contributed by atoms with Crippen LogP contribution in [0.3, 0.4) is 0 Å². The first-order valence-electron chi connectivity index (χ1n) is 10.6. The van der Waals surface area contributed by atoms with E-state index in [-0.39, 0.29) is 0 Å². The van der Waals surface area contributed by atoms with Crippen molar-refractivity contribution in [1.29, 1.82) is 0 Å². The molecule has 1 aromatic heterocycles. The summed E-state index contributed by atoms with van der Waals surface area (Å²) in [6.07, 6.45) is 0. The molecule has 1 aliphatic heterocycles. The minimum Gasteiger partial charge on any atom is -0.493 e. The van der Waals surface area contributed by atoms with Gasteiger partial charge in [0.25, 0.3) is 0 Å². The van der Waals surface area contributed by atoms with E-state index in [0.29, 0.717) is 53.7 Å². The third-order valence-corrected chi connectivity index (χ3v) is 9.14. The van der Waals surface area contributed by atoms with Gasteiger partial charge < -0.3 is 19.1 Å². The van der Waals surface area contributed by atoms with Crippen LogP contribution in [0.2, 0.25) is 0 Å². The van der Waals surface area contributed by atoms with Crippen LogP contribution in [0.4, 0.5) is 5.13 Å². The van der Waals surface area contributed by atoms with Crippen molar-refractivity contribution in [1.82, 2.24) is 9.29 Å². The number of rotatable bonds is 8. The summed E-state index contributed by atoms with van der Waals surface area (Å²) in [5.41, 5.74) is 2.68. The van der Waals surface area contributed by atoms with Gasteiger partial charge in [-0.3, -0.25) is 0 Å². The SMILES string of the molecule is COc1cc(-c2csc(N3CCN(S(=O)(=O)c4ccc(CBr)cc4)CC3)n2)cc(OC)c1OC. The molecular weight excluding hydrogens is 542 g/mol. The lowest BCUT2D eigenvalue weighted by Crippen LogP contribution is -2.48. The molecular formula is C23H26BrN3O5S2. The summed E-state index contributed by atoms with van der Waals surface area (Å²) < 4.78 is 43.9. The minimum absolute atomic E-state index is 0.324. The quantitative estimate of drug-likeness (QED) is 0.376. The van der Waals surface area contributed by atoms with Crippen LogP contribution in [-0.2, 0) is 15.4 Å². The summed E-state index contributed by atoms with van der Waals surface area (Å²) in [6.45, 7) is 1.95. The van der Waals surface area contributed by atoms with Gasteiger partial charge in [-0.1, -0.05) is 28.1 Å². The maximum atomic E-state index is 13.0. The molecule has 3 aromatic rings. The van der Waals surface area contributed by atoms with Crippen molar-refractivity contribution >= 4 is 42.4 Å². The molecule has 1 fully saturated rings. The fraction of sp³-hybridized carbons (Fsp3) is 0.348. The zero-order valence-corrected chi connectivity index (χ0v) is 22.4. The van der Waals surface area contributed by atoms with Crippen molar-refractivity contribution < 1.29 is 22.6 Å². The smallest absolute Gasteiger partial charge is 0.243 e. The van der Waals surface area contributed by atoms with Crippen molar-refractivity contribution in [2.24, 2.45) is 0 Å². The molecule has 4 rings (SSSR count). The normalized spacial score (nSPS) is 14.8. The fourth-order valence-corrected chi connectivity index (χ4v) is 6.47. The first kappa shape index (κ1) is 24.8. The van der Waals surface area contributed by atoms with E-state index in [2.05, 4.69) is 20.8 Å². The number of benzene rings is 2. The van der Waals surface area contributed by atoms with Gasteiger partial charge in [0.05, 0.1) is 31.9 Å². The minimum atomic E-state index is -3.52. The molecule has 0 radical (unpaired) electrons. The second-order valence-electron chi connectivity index (χ2n) is 7.60. The van der Waals surface area contributed by atoms with Crippen LogP contribution in [0.15, 0.2) is 46.7 Å². The van der Waals surface area contributed by atoms with E-state index in [1.165, 1.54) is 11.3 Å². The number of nitrogens with zero attached hydrogens (tertiary/aromatic N) is 3. The Kier molecular flexibility index (Phi) is 7.66. The highest BCUT2D eigenvalue weighted by Crippen LogP contribution is 2.41. The second-order valence-corrected chi connectivity index (χ2v) is 10.9. The van der Waals surface area contributed by atoms with Gasteiger partial charge in [-0.2, -0.15) is 4.31 Å². The molecule has 11 heteroatoms. The maximum absolute atomic E-state index is 13.0. The van der Waals surface area contributed by atoms with E-state index in [0.717, 1.165) is 22.0 Å². The summed E-state index contributed by atoms with van der Waals surface area (Å²) in [7, 11) is 1.21. The standard InChI is InChI=1S/C23H26BrN3O5S2/c1-30-20-12-17(13-21(31-2)22(20)32-3)19-15-33-23(25-19)26-8-10-27(11-9-26)34(28,29)18-6-4-16(14-24)5-7-18/h4-7,12-13,15H,8-11,14H2,1-3H3. The van der Waals surface area contributed by atoms with E-state index < -0.39 is 10.0 Å². The molecule has 0 unspecified atom stereocenters. The molecule has 0 spiro atoms. The molecule has 8 nitrogen and oxygen atoms in total. The van der Waals surface area contributed by atoms with Crippen LogP contribution in [0.1, 0.15) is 5.56 Å². The average molecular weight is 569 g/mol. The van der Waals surface area contributed by atoms with Crippen LogP contribution in [0, 0.1) is 0 Å². The monoisotopic (exact) mass is 567 g/mol. The van der Waals surface area contributed by atoms with Gasteiger partial charge in [-0.15, -0.1) is 11.3 Å². The van der Waals surface area contributed by atoms with Crippen molar-refractivity contribution in [2.45, 2.75) is 10.2 Å². The Hall–Kier alpha value is -2.34. The van der Waals surface area contributed by atoms with Crippen molar-refractivity contribution in [3.63, 3.8) is 0 Å². The Morgan fingerprint density at radius 3 is 2.12 bits per heavy atom. The molecule has 1 saturated heterocycles. The number of hydrogen-bond acceptors (Lipinski definition) is 8. The number of hydrogen-bond donors (Lipinski definition) is 0. The molecule has 0 saturated carbocycles. The largest absolute Gasteiger partial charge is 0.493 e. The van der Waals surface area contributed by atoms with Gasteiger partial charge in [-0.05, 0) is 29.8 Å². The Bertz CT molecular complexity index is 1210. The van der Waals surface area contributed by atoms with Crippen LogP contribution in [0.25, 0.3) is 11.3 Å². The number of ether oxygens (including phenoxy) is 3. The van der Waals surface area contributed by atoms with Gasteiger partial charge in [0.2, 0.25) is 15.8 Å². The summed E-state index contributed by atoms with van der Waals surface area (Å²) in [4.78, 5) is 7.24. The van der Waals surface area contributed by atoms with E-state index >= 15 is 0 Å². The lowest BCUT2D eigenvalue weighted by Gasteiger charge is -2.33. The van der Waals surface area contributed by atoms with Gasteiger partial charge >= 0.3 is 0 Å². The number of methoxy groups -OCH3 is 3. The lowest BCUT2D eigenvalue weighted by molar-refractivity contribution is 0.324. The summed E-state index contributed by atoms with van der Waals surface area (Å²) in [5, 5.41) is 3.52. The number of alkyl halides is 1. The van der Waals surface area contributed by atoms with Gasteiger partial charge in [-0.25, -0.2) is 13.4 Å². The van der Waals surface area contributed by atoms with Gasteiger partial charge in [0.1, 0.15) is 0 Å². The third-order valence-electron chi connectivity index (χ3n) is 5.68. The molecule has 0 amide bonds. The molecule has 2 heterocycles. The highest BCUT2D eigenvalue weighted by atomic mass is 79.9. The Labute approximate surface area is 212 Å². The number of sulfonamides is 1. The molecule has 0 aliphatic carbocycles.